The van der Waals surface area contributed by atoms with Gasteiger partial charge < -0.3 is 14.5 Å². The first-order valence-corrected chi connectivity index (χ1v) is 7.93. The molecule has 1 unspecified atom stereocenters. The monoisotopic (exact) mass is 368 g/mol. The predicted molar refractivity (Wildman–Crippen MR) is 88.3 cm³/mol. The SMILES string of the molecule is CC1(c2ccco2)NC(=O)N(CCOc2ccc(Cl)cc2Cl)C1=O. The van der Waals surface area contributed by atoms with Crippen molar-refractivity contribution in [3.63, 3.8) is 0 Å². The number of urea groups is 1. The molecule has 8 heteroatoms. The molecule has 0 spiro atoms. The molecule has 3 rings (SSSR count). The van der Waals surface area contributed by atoms with Gasteiger partial charge in [-0.15, -0.1) is 0 Å². The van der Waals surface area contributed by atoms with E-state index in [4.69, 9.17) is 32.4 Å². The van der Waals surface area contributed by atoms with Gasteiger partial charge in [0.2, 0.25) is 0 Å². The van der Waals surface area contributed by atoms with Crippen LogP contribution in [0.25, 0.3) is 0 Å². The van der Waals surface area contributed by atoms with Gasteiger partial charge in [-0.05, 0) is 37.3 Å². The fraction of sp³-hybridized carbons (Fsp3) is 0.250. The number of nitrogens with zero attached hydrogens (tertiary/aromatic N) is 1. The molecule has 1 saturated heterocycles. The Morgan fingerprint density at radius 1 is 1.29 bits per heavy atom. The van der Waals surface area contributed by atoms with E-state index in [1.807, 2.05) is 0 Å². The van der Waals surface area contributed by atoms with Gasteiger partial charge in [-0.2, -0.15) is 0 Å². The number of carbonyl (C=O) groups excluding carboxylic acids is 2. The Kier molecular flexibility index (Phi) is 4.43. The number of benzene rings is 1. The van der Waals surface area contributed by atoms with E-state index in [2.05, 4.69) is 5.32 Å². The number of amides is 3. The van der Waals surface area contributed by atoms with Crippen LogP contribution in [-0.4, -0.2) is 30.0 Å². The van der Waals surface area contributed by atoms with Crippen molar-refractivity contribution < 1.29 is 18.7 Å². The first kappa shape index (κ1) is 16.7. The van der Waals surface area contributed by atoms with Crippen LogP contribution >= 0.6 is 23.2 Å². The van der Waals surface area contributed by atoms with Crippen LogP contribution in [0.2, 0.25) is 10.0 Å². The van der Waals surface area contributed by atoms with E-state index in [1.54, 1.807) is 37.3 Å². The number of furan rings is 1. The van der Waals surface area contributed by atoms with Crippen LogP contribution in [0.1, 0.15) is 12.7 Å². The van der Waals surface area contributed by atoms with Gasteiger partial charge in [-0.1, -0.05) is 23.2 Å². The van der Waals surface area contributed by atoms with Crippen LogP contribution in [0, 0.1) is 0 Å². The van der Waals surface area contributed by atoms with Crippen LogP contribution in [0.5, 0.6) is 5.75 Å². The van der Waals surface area contributed by atoms with Gasteiger partial charge in [0.05, 0.1) is 17.8 Å². The van der Waals surface area contributed by atoms with Crippen LogP contribution in [0.15, 0.2) is 41.0 Å². The molecule has 1 fully saturated rings. The van der Waals surface area contributed by atoms with Gasteiger partial charge in [0, 0.05) is 5.02 Å². The van der Waals surface area contributed by atoms with Gasteiger partial charge in [0.25, 0.3) is 5.91 Å². The third kappa shape index (κ3) is 2.95. The summed E-state index contributed by atoms with van der Waals surface area (Å²) in [7, 11) is 0. The molecular formula is C16H14Cl2N2O4. The molecule has 24 heavy (non-hydrogen) atoms. The standard InChI is InChI=1S/C16H14Cl2N2O4/c1-16(13-3-2-7-24-13)14(21)20(15(22)19-16)6-8-23-12-5-4-10(17)9-11(12)18/h2-5,7,9H,6,8H2,1H3,(H,19,22). The van der Waals surface area contributed by atoms with E-state index in [9.17, 15) is 9.59 Å². The van der Waals surface area contributed by atoms with Crippen molar-refractivity contribution in [1.82, 2.24) is 10.2 Å². The summed E-state index contributed by atoms with van der Waals surface area (Å²) in [6.45, 7) is 1.79. The molecule has 3 amide bonds. The highest BCUT2D eigenvalue weighted by Crippen LogP contribution is 2.30. The number of halogens is 2. The molecule has 6 nitrogen and oxygen atoms in total. The largest absolute Gasteiger partial charge is 0.490 e. The zero-order valence-corrected chi connectivity index (χ0v) is 14.2. The zero-order valence-electron chi connectivity index (χ0n) is 12.7. The molecule has 1 N–H and O–H groups in total. The third-order valence-corrected chi connectivity index (χ3v) is 4.29. The van der Waals surface area contributed by atoms with Crippen LogP contribution in [-0.2, 0) is 10.3 Å². The summed E-state index contributed by atoms with van der Waals surface area (Å²) in [5.41, 5.74) is -1.21. The van der Waals surface area contributed by atoms with Crippen molar-refractivity contribution in [3.8, 4) is 5.75 Å². The van der Waals surface area contributed by atoms with E-state index in [0.717, 1.165) is 4.90 Å². The Morgan fingerprint density at radius 3 is 2.75 bits per heavy atom. The molecule has 1 aromatic heterocycles. The zero-order chi connectivity index (χ0) is 17.3. The third-order valence-electron chi connectivity index (χ3n) is 3.76. The van der Waals surface area contributed by atoms with E-state index >= 15 is 0 Å². The minimum absolute atomic E-state index is 0.0833. The molecule has 2 aromatic rings. The van der Waals surface area contributed by atoms with Crippen molar-refractivity contribution >= 4 is 35.1 Å². The maximum absolute atomic E-state index is 12.6. The molecule has 1 aromatic carbocycles. The van der Waals surface area contributed by atoms with Crippen molar-refractivity contribution in [3.05, 3.63) is 52.4 Å². The molecule has 2 heterocycles. The molecule has 1 aliphatic rings. The number of rotatable bonds is 5. The summed E-state index contributed by atoms with van der Waals surface area (Å²) in [5.74, 6) is 0.417. The maximum Gasteiger partial charge on any atom is 0.325 e. The van der Waals surface area contributed by atoms with Crippen LogP contribution in [0.3, 0.4) is 0 Å². The number of nitrogens with one attached hydrogen (secondary N) is 1. The summed E-state index contributed by atoms with van der Waals surface area (Å²) < 4.78 is 10.8. The van der Waals surface area contributed by atoms with E-state index in [1.165, 1.54) is 6.26 Å². The van der Waals surface area contributed by atoms with Crippen molar-refractivity contribution in [2.45, 2.75) is 12.5 Å². The number of ether oxygens (including phenoxy) is 1. The van der Waals surface area contributed by atoms with Crippen LogP contribution in [0.4, 0.5) is 4.79 Å². The van der Waals surface area contributed by atoms with Gasteiger partial charge in [-0.25, -0.2) is 4.79 Å². The molecule has 0 bridgehead atoms. The average molecular weight is 369 g/mol. The smallest absolute Gasteiger partial charge is 0.325 e. The normalized spacial score (nSPS) is 20.4. The number of carbonyl (C=O) groups is 2. The lowest BCUT2D eigenvalue weighted by molar-refractivity contribution is -0.131. The summed E-state index contributed by atoms with van der Waals surface area (Å²) >= 11 is 11.8. The highest BCUT2D eigenvalue weighted by atomic mass is 35.5. The number of hydrogen-bond acceptors (Lipinski definition) is 4. The molecule has 1 atom stereocenters. The Bertz CT molecular complexity index is 778. The second-order valence-corrected chi connectivity index (χ2v) is 6.26. The Balaban J connectivity index is 1.65. The van der Waals surface area contributed by atoms with Crippen molar-refractivity contribution in [2.75, 3.05) is 13.2 Å². The predicted octanol–water partition coefficient (Wildman–Crippen LogP) is 3.43. The molecule has 0 saturated carbocycles. The second kappa shape index (κ2) is 6.37. The lowest BCUT2D eigenvalue weighted by Crippen LogP contribution is -2.41. The average Bonchev–Trinajstić information content (AvgIpc) is 3.13. The highest BCUT2D eigenvalue weighted by molar-refractivity contribution is 6.35. The van der Waals surface area contributed by atoms with E-state index < -0.39 is 17.5 Å². The summed E-state index contributed by atoms with van der Waals surface area (Å²) in [5, 5.41) is 3.50. The molecular weight excluding hydrogens is 355 g/mol. The topological polar surface area (TPSA) is 71.8 Å². The van der Waals surface area contributed by atoms with Crippen molar-refractivity contribution in [2.24, 2.45) is 0 Å². The molecule has 1 aliphatic heterocycles. The lowest BCUT2D eigenvalue weighted by atomic mass is 9.99. The maximum atomic E-state index is 12.6. The summed E-state index contributed by atoms with van der Waals surface area (Å²) in [6.07, 6.45) is 1.45. The highest BCUT2D eigenvalue weighted by Gasteiger charge is 2.50. The molecule has 126 valence electrons. The van der Waals surface area contributed by atoms with Gasteiger partial charge in [0.15, 0.2) is 5.54 Å². The minimum atomic E-state index is -1.21. The summed E-state index contributed by atoms with van der Waals surface area (Å²) in [6, 6.07) is 7.64. The number of hydrogen-bond donors (Lipinski definition) is 1. The first-order chi connectivity index (χ1) is 11.4. The Morgan fingerprint density at radius 2 is 2.08 bits per heavy atom. The fourth-order valence-corrected chi connectivity index (χ4v) is 2.93. The van der Waals surface area contributed by atoms with Gasteiger partial charge in [0.1, 0.15) is 18.1 Å². The van der Waals surface area contributed by atoms with Gasteiger partial charge >= 0.3 is 6.03 Å². The first-order valence-electron chi connectivity index (χ1n) is 7.18. The Labute approximate surface area is 148 Å². The van der Waals surface area contributed by atoms with E-state index in [0.29, 0.717) is 21.6 Å². The Hall–Kier alpha value is -2.18. The summed E-state index contributed by atoms with van der Waals surface area (Å²) in [4.78, 5) is 25.8. The molecule has 0 aliphatic carbocycles. The molecule has 0 radical (unpaired) electrons. The van der Waals surface area contributed by atoms with Crippen molar-refractivity contribution in [1.29, 1.82) is 0 Å². The fourth-order valence-electron chi connectivity index (χ4n) is 2.47. The quantitative estimate of drug-likeness (QED) is 0.820. The second-order valence-electron chi connectivity index (χ2n) is 5.41. The van der Waals surface area contributed by atoms with Crippen LogP contribution < -0.4 is 10.1 Å². The van der Waals surface area contributed by atoms with E-state index in [-0.39, 0.29) is 13.2 Å². The minimum Gasteiger partial charge on any atom is -0.490 e. The lowest BCUT2D eigenvalue weighted by Gasteiger charge is -2.19. The number of imide groups is 1. The van der Waals surface area contributed by atoms with Gasteiger partial charge in [-0.3, -0.25) is 9.69 Å².